The Bertz CT molecular complexity index is 325. The molecule has 4 heteroatoms. The van der Waals surface area contributed by atoms with Crippen molar-refractivity contribution in [2.24, 2.45) is 10.9 Å². The van der Waals surface area contributed by atoms with Crippen molar-refractivity contribution in [1.29, 1.82) is 0 Å². The topological polar surface area (TPSA) is 46.5 Å². The van der Waals surface area contributed by atoms with Gasteiger partial charge in [-0.2, -0.15) is 0 Å². The summed E-state index contributed by atoms with van der Waals surface area (Å²) in [4.78, 5) is 24.3. The number of halogens is 1. The molecular formula is C9H8BrNO2. The molecule has 13 heavy (non-hydrogen) atoms. The molecule has 2 atom stereocenters. The zero-order valence-corrected chi connectivity index (χ0v) is 8.61. The highest BCUT2D eigenvalue weighted by Crippen LogP contribution is 2.33. The minimum Gasteiger partial charge on any atom is -0.271 e. The third-order valence-corrected chi connectivity index (χ3v) is 2.62. The molecule has 68 valence electrons. The van der Waals surface area contributed by atoms with Gasteiger partial charge in [0.25, 0.3) is 5.91 Å². The Morgan fingerprint density at radius 1 is 1.62 bits per heavy atom. The molecule has 1 rings (SSSR count). The monoisotopic (exact) mass is 241 g/mol. The molecule has 0 bridgehead atoms. The average molecular weight is 242 g/mol. The maximum Gasteiger partial charge on any atom is 0.265 e. The molecule has 0 aromatic carbocycles. The number of nitrogens with zero attached hydrogens (tertiary/aromatic N) is 1. The molecule has 0 radical (unpaired) electrons. The number of carbonyl (C=O) groups is 1. The third kappa shape index (κ3) is 2.23. The Morgan fingerprint density at radius 2 is 2.31 bits per heavy atom. The molecule has 3 nitrogen and oxygen atoms in total. The fraction of sp³-hybridized carbons (Fsp3) is 0.333. The van der Waals surface area contributed by atoms with E-state index in [9.17, 15) is 9.59 Å². The van der Waals surface area contributed by atoms with Crippen LogP contribution in [0.3, 0.4) is 0 Å². The second-order valence-corrected chi connectivity index (χ2v) is 4.62. The number of hydrogen-bond acceptors (Lipinski definition) is 2. The molecule has 0 aliphatic heterocycles. The van der Waals surface area contributed by atoms with Gasteiger partial charge in [0.05, 0.1) is 10.2 Å². The van der Waals surface area contributed by atoms with Gasteiger partial charge in [0, 0.05) is 0 Å². The first-order valence-electron chi connectivity index (χ1n) is 3.74. The molecule has 0 aromatic heterocycles. The molecule has 0 heterocycles. The Hall–Kier alpha value is -0.990. The number of allylic oxidation sites excluding steroid dienone is 3. The fourth-order valence-corrected chi connectivity index (χ4v) is 1.65. The van der Waals surface area contributed by atoms with Crippen LogP contribution in [0.1, 0.15) is 6.92 Å². The van der Waals surface area contributed by atoms with E-state index in [1.165, 1.54) is 6.08 Å². The molecule has 0 N–H and O–H groups in total. The van der Waals surface area contributed by atoms with Gasteiger partial charge >= 0.3 is 0 Å². The predicted molar refractivity (Wildman–Crippen MR) is 52.2 cm³/mol. The van der Waals surface area contributed by atoms with Gasteiger partial charge in [0.2, 0.25) is 6.08 Å². The van der Waals surface area contributed by atoms with Gasteiger partial charge in [-0.1, -0.05) is 40.2 Å². The van der Waals surface area contributed by atoms with Crippen molar-refractivity contribution in [3.8, 4) is 0 Å². The third-order valence-electron chi connectivity index (χ3n) is 1.87. The largest absolute Gasteiger partial charge is 0.271 e. The van der Waals surface area contributed by atoms with Gasteiger partial charge < -0.3 is 0 Å². The molecule has 0 aromatic rings. The summed E-state index contributed by atoms with van der Waals surface area (Å²) in [5.74, 6) is -0.908. The van der Waals surface area contributed by atoms with Crippen LogP contribution in [-0.2, 0) is 9.59 Å². The van der Waals surface area contributed by atoms with Crippen molar-refractivity contribution in [2.75, 3.05) is 0 Å². The summed E-state index contributed by atoms with van der Waals surface area (Å²) in [5, 5.41) is 0. The Balaban J connectivity index is 2.92. The normalized spacial score (nSPS) is 31.1. The van der Waals surface area contributed by atoms with E-state index in [1.54, 1.807) is 12.2 Å². The van der Waals surface area contributed by atoms with Crippen molar-refractivity contribution in [3.63, 3.8) is 0 Å². The number of rotatable bonds is 1. The van der Waals surface area contributed by atoms with Crippen LogP contribution in [0, 0.1) is 5.92 Å². The molecule has 2 unspecified atom stereocenters. The summed E-state index contributed by atoms with van der Waals surface area (Å²) >= 11 is 3.38. The van der Waals surface area contributed by atoms with Gasteiger partial charge in [-0.25, -0.2) is 4.79 Å². The van der Waals surface area contributed by atoms with Crippen molar-refractivity contribution < 1.29 is 9.59 Å². The summed E-state index contributed by atoms with van der Waals surface area (Å²) in [6.07, 6.45) is 8.39. The Morgan fingerprint density at radius 3 is 2.85 bits per heavy atom. The van der Waals surface area contributed by atoms with Crippen molar-refractivity contribution in [1.82, 2.24) is 0 Å². The SMILES string of the molecule is CC1(Br)C=CC=CC1C(=O)N=C=O. The van der Waals surface area contributed by atoms with E-state index in [4.69, 9.17) is 0 Å². The second kappa shape index (κ2) is 3.81. The lowest BCUT2D eigenvalue weighted by Crippen LogP contribution is -2.31. The van der Waals surface area contributed by atoms with Gasteiger partial charge in [-0.05, 0) is 6.92 Å². The van der Waals surface area contributed by atoms with Crippen LogP contribution in [0.4, 0.5) is 0 Å². The summed E-state index contributed by atoms with van der Waals surface area (Å²) < 4.78 is -0.459. The van der Waals surface area contributed by atoms with Crippen LogP contribution in [-0.4, -0.2) is 16.3 Å². The minimum atomic E-state index is -0.477. The zero-order chi connectivity index (χ0) is 9.90. The van der Waals surface area contributed by atoms with E-state index >= 15 is 0 Å². The van der Waals surface area contributed by atoms with Gasteiger partial charge in [0.15, 0.2) is 0 Å². The molecule has 0 saturated carbocycles. The van der Waals surface area contributed by atoms with Gasteiger partial charge in [0.1, 0.15) is 0 Å². The quantitative estimate of drug-likeness (QED) is 0.399. The van der Waals surface area contributed by atoms with Crippen LogP contribution < -0.4 is 0 Å². The highest BCUT2D eigenvalue weighted by molar-refractivity contribution is 9.10. The summed E-state index contributed by atoms with van der Waals surface area (Å²) in [6.45, 7) is 1.84. The molecular weight excluding hydrogens is 234 g/mol. The van der Waals surface area contributed by atoms with E-state index in [2.05, 4.69) is 20.9 Å². The molecule has 1 aliphatic rings. The maximum atomic E-state index is 11.3. The summed E-state index contributed by atoms with van der Waals surface area (Å²) in [7, 11) is 0. The van der Waals surface area contributed by atoms with Crippen molar-refractivity contribution >= 4 is 27.9 Å². The van der Waals surface area contributed by atoms with E-state index in [-0.39, 0.29) is 0 Å². The van der Waals surface area contributed by atoms with Crippen LogP contribution in [0.2, 0.25) is 0 Å². The molecule has 1 aliphatic carbocycles. The maximum absolute atomic E-state index is 11.3. The van der Waals surface area contributed by atoms with Crippen LogP contribution in [0.15, 0.2) is 29.3 Å². The minimum absolute atomic E-state index is 0.432. The van der Waals surface area contributed by atoms with Crippen LogP contribution >= 0.6 is 15.9 Å². The van der Waals surface area contributed by atoms with E-state index in [1.807, 2.05) is 19.1 Å². The number of hydrogen-bond donors (Lipinski definition) is 0. The van der Waals surface area contributed by atoms with Gasteiger partial charge in [-0.3, -0.25) is 4.79 Å². The molecule has 0 saturated heterocycles. The molecule has 1 amide bonds. The van der Waals surface area contributed by atoms with Crippen LogP contribution in [0.25, 0.3) is 0 Å². The summed E-state index contributed by atoms with van der Waals surface area (Å²) in [6, 6.07) is 0. The highest BCUT2D eigenvalue weighted by atomic mass is 79.9. The zero-order valence-electron chi connectivity index (χ0n) is 7.03. The number of amides is 1. The fourth-order valence-electron chi connectivity index (χ4n) is 1.15. The molecule has 0 spiro atoms. The first-order chi connectivity index (χ1) is 6.08. The van der Waals surface area contributed by atoms with E-state index in [0.29, 0.717) is 0 Å². The first-order valence-corrected chi connectivity index (χ1v) is 4.54. The lowest BCUT2D eigenvalue weighted by molar-refractivity contribution is -0.120. The number of aliphatic imine (C=N–C) groups is 1. The summed E-state index contributed by atoms with van der Waals surface area (Å²) in [5.41, 5.74) is 0. The first kappa shape index (κ1) is 10.1. The standard InChI is InChI=1S/C9H8BrNO2/c1-9(10)5-3-2-4-7(9)8(13)11-6-12/h2-5,7H,1H3. The predicted octanol–water partition coefficient (Wildman–Crippen LogP) is 1.74. The van der Waals surface area contributed by atoms with Crippen molar-refractivity contribution in [2.45, 2.75) is 11.2 Å². The highest BCUT2D eigenvalue weighted by Gasteiger charge is 2.34. The smallest absolute Gasteiger partial charge is 0.265 e. The Kier molecular flexibility index (Phi) is 2.96. The second-order valence-electron chi connectivity index (χ2n) is 2.91. The van der Waals surface area contributed by atoms with Crippen molar-refractivity contribution in [3.05, 3.63) is 24.3 Å². The van der Waals surface area contributed by atoms with E-state index in [0.717, 1.165) is 0 Å². The number of alkyl halides is 1. The lowest BCUT2D eigenvalue weighted by atomic mass is 9.89. The molecule has 0 fully saturated rings. The van der Waals surface area contributed by atoms with Crippen LogP contribution in [0.5, 0.6) is 0 Å². The van der Waals surface area contributed by atoms with E-state index < -0.39 is 16.1 Å². The average Bonchev–Trinajstić information content (AvgIpc) is 2.03. The van der Waals surface area contributed by atoms with Gasteiger partial charge in [-0.15, -0.1) is 4.99 Å². The number of carbonyl (C=O) groups excluding carboxylic acids is 2. The lowest BCUT2D eigenvalue weighted by Gasteiger charge is -2.25. The Labute approximate surface area is 84.4 Å². The number of isocyanates is 1.